The van der Waals surface area contributed by atoms with Crippen LogP contribution in [-0.4, -0.2) is 54.1 Å². The van der Waals surface area contributed by atoms with Crippen LogP contribution in [0.2, 0.25) is 0 Å². The Morgan fingerprint density at radius 1 is 0.880 bits per heavy atom. The highest BCUT2D eigenvalue weighted by molar-refractivity contribution is 5.79. The average Bonchev–Trinajstić information content (AvgIpc) is 3.12. The van der Waals surface area contributed by atoms with E-state index in [1.807, 2.05) is 36.5 Å². The Bertz CT molecular complexity index is 791. The maximum absolute atomic E-state index is 5.81. The van der Waals surface area contributed by atoms with E-state index in [2.05, 4.69) is 39.0 Å². The first-order chi connectivity index (χ1) is 12.4. The van der Waals surface area contributed by atoms with Gasteiger partial charge >= 0.3 is 0 Å². The number of nitrogens with one attached hydrogen (secondary N) is 1. The molecule has 0 bridgehead atoms. The highest BCUT2D eigenvalue weighted by atomic mass is 16.5. The van der Waals surface area contributed by atoms with Crippen LogP contribution in [0.15, 0.2) is 60.8 Å². The Morgan fingerprint density at radius 3 is 2.52 bits per heavy atom. The average molecular weight is 335 g/mol. The summed E-state index contributed by atoms with van der Waals surface area (Å²) >= 11 is 0. The number of piperazine rings is 1. The highest BCUT2D eigenvalue weighted by Gasteiger charge is 2.16. The van der Waals surface area contributed by atoms with Crippen LogP contribution in [0.25, 0.3) is 10.9 Å². The van der Waals surface area contributed by atoms with Crippen molar-refractivity contribution in [1.82, 2.24) is 14.8 Å². The second-order valence-electron chi connectivity index (χ2n) is 6.68. The van der Waals surface area contributed by atoms with Crippen molar-refractivity contribution < 1.29 is 4.74 Å². The molecular weight excluding hydrogens is 310 g/mol. The lowest BCUT2D eigenvalue weighted by Crippen LogP contribution is -2.47. The van der Waals surface area contributed by atoms with Gasteiger partial charge < -0.3 is 9.72 Å². The Balaban J connectivity index is 1.21. The molecule has 130 valence electrons. The molecule has 1 aliphatic heterocycles. The molecule has 1 fully saturated rings. The van der Waals surface area contributed by atoms with Crippen molar-refractivity contribution in [1.29, 1.82) is 0 Å². The Morgan fingerprint density at radius 2 is 1.68 bits per heavy atom. The van der Waals surface area contributed by atoms with E-state index in [4.69, 9.17) is 4.74 Å². The molecule has 2 aromatic carbocycles. The normalized spacial score (nSPS) is 16.3. The topological polar surface area (TPSA) is 31.5 Å². The zero-order valence-corrected chi connectivity index (χ0v) is 14.5. The molecule has 0 radical (unpaired) electrons. The van der Waals surface area contributed by atoms with E-state index in [1.165, 1.54) is 16.5 Å². The summed E-state index contributed by atoms with van der Waals surface area (Å²) in [4.78, 5) is 8.29. The molecule has 0 atom stereocenters. The maximum atomic E-state index is 5.81. The van der Waals surface area contributed by atoms with Gasteiger partial charge in [0.25, 0.3) is 0 Å². The maximum Gasteiger partial charge on any atom is 0.119 e. The molecule has 3 aromatic rings. The molecule has 0 spiro atoms. The molecule has 25 heavy (non-hydrogen) atoms. The van der Waals surface area contributed by atoms with E-state index in [0.717, 1.165) is 51.6 Å². The van der Waals surface area contributed by atoms with Crippen LogP contribution in [0.3, 0.4) is 0 Å². The molecule has 1 aliphatic rings. The van der Waals surface area contributed by atoms with Crippen molar-refractivity contribution in [3.63, 3.8) is 0 Å². The van der Waals surface area contributed by atoms with Gasteiger partial charge in [0.2, 0.25) is 0 Å². The second kappa shape index (κ2) is 7.72. The minimum absolute atomic E-state index is 0.758. The number of hydrogen-bond donors (Lipinski definition) is 1. The fraction of sp³-hybridized carbons (Fsp3) is 0.333. The molecule has 0 unspecified atom stereocenters. The lowest BCUT2D eigenvalue weighted by Gasteiger charge is -2.34. The Labute approximate surface area is 149 Å². The molecule has 2 heterocycles. The minimum Gasteiger partial charge on any atom is -0.492 e. The highest BCUT2D eigenvalue weighted by Crippen LogP contribution is 2.16. The van der Waals surface area contributed by atoms with Crippen LogP contribution in [0.5, 0.6) is 5.75 Å². The van der Waals surface area contributed by atoms with Gasteiger partial charge in [-0.15, -0.1) is 0 Å². The van der Waals surface area contributed by atoms with Crippen LogP contribution in [0.4, 0.5) is 0 Å². The zero-order chi connectivity index (χ0) is 16.9. The number of H-pyrrole nitrogens is 1. The molecule has 4 rings (SSSR count). The first-order valence-corrected chi connectivity index (χ1v) is 9.05. The monoisotopic (exact) mass is 335 g/mol. The molecule has 0 amide bonds. The number of aromatic amines is 1. The predicted octanol–water partition coefficient (Wildman–Crippen LogP) is 3.36. The van der Waals surface area contributed by atoms with Crippen molar-refractivity contribution in [2.45, 2.75) is 6.54 Å². The van der Waals surface area contributed by atoms with Gasteiger partial charge in [0.1, 0.15) is 12.4 Å². The van der Waals surface area contributed by atoms with Crippen molar-refractivity contribution in [3.8, 4) is 5.75 Å². The van der Waals surface area contributed by atoms with Gasteiger partial charge in [-0.3, -0.25) is 9.80 Å². The molecule has 1 N–H and O–H groups in total. The van der Waals surface area contributed by atoms with Crippen LogP contribution < -0.4 is 4.74 Å². The van der Waals surface area contributed by atoms with E-state index >= 15 is 0 Å². The predicted molar refractivity (Wildman–Crippen MR) is 102 cm³/mol. The van der Waals surface area contributed by atoms with E-state index in [-0.39, 0.29) is 0 Å². The smallest absolute Gasteiger partial charge is 0.119 e. The number of para-hydroxylation sites is 1. The summed E-state index contributed by atoms with van der Waals surface area (Å²) < 4.78 is 5.81. The van der Waals surface area contributed by atoms with Crippen molar-refractivity contribution in [2.24, 2.45) is 0 Å². The minimum atomic E-state index is 0.758. The number of nitrogens with zero attached hydrogens (tertiary/aromatic N) is 2. The summed E-state index contributed by atoms with van der Waals surface area (Å²) in [6.45, 7) is 7.27. The molecule has 1 saturated heterocycles. The quantitative estimate of drug-likeness (QED) is 0.749. The number of aromatic nitrogens is 1. The van der Waals surface area contributed by atoms with Crippen LogP contribution >= 0.6 is 0 Å². The third kappa shape index (κ3) is 4.21. The van der Waals surface area contributed by atoms with E-state index in [0.29, 0.717) is 0 Å². The van der Waals surface area contributed by atoms with Crippen LogP contribution in [0, 0.1) is 0 Å². The van der Waals surface area contributed by atoms with Gasteiger partial charge in [-0.25, -0.2) is 0 Å². The van der Waals surface area contributed by atoms with E-state index in [9.17, 15) is 0 Å². The first-order valence-electron chi connectivity index (χ1n) is 9.05. The van der Waals surface area contributed by atoms with Crippen LogP contribution in [-0.2, 0) is 6.54 Å². The Kier molecular flexibility index (Phi) is 5.00. The first kappa shape index (κ1) is 16.2. The van der Waals surface area contributed by atoms with Crippen molar-refractivity contribution in [2.75, 3.05) is 39.3 Å². The van der Waals surface area contributed by atoms with Gasteiger partial charge in [-0.2, -0.15) is 0 Å². The number of benzene rings is 2. The molecule has 1 aromatic heterocycles. The number of hydrogen-bond acceptors (Lipinski definition) is 3. The lowest BCUT2D eigenvalue weighted by molar-refractivity contribution is 0.112. The third-order valence-electron chi connectivity index (χ3n) is 4.91. The number of rotatable bonds is 6. The summed E-state index contributed by atoms with van der Waals surface area (Å²) in [6, 6.07) is 18.9. The lowest BCUT2D eigenvalue weighted by atomic mass is 10.1. The molecule has 0 aliphatic carbocycles. The van der Waals surface area contributed by atoms with Crippen LogP contribution in [0.1, 0.15) is 5.56 Å². The molecular formula is C21H25N3O. The Hall–Kier alpha value is -2.30. The molecule has 0 saturated carbocycles. The van der Waals surface area contributed by atoms with E-state index < -0.39 is 0 Å². The van der Waals surface area contributed by atoms with Gasteiger partial charge in [0.15, 0.2) is 0 Å². The fourth-order valence-corrected chi connectivity index (χ4v) is 3.44. The van der Waals surface area contributed by atoms with E-state index in [1.54, 1.807) is 0 Å². The van der Waals surface area contributed by atoms with Gasteiger partial charge in [0, 0.05) is 51.0 Å². The summed E-state index contributed by atoms with van der Waals surface area (Å²) in [5, 5.41) is 1.30. The largest absolute Gasteiger partial charge is 0.492 e. The molecule has 4 heteroatoms. The third-order valence-corrected chi connectivity index (χ3v) is 4.91. The van der Waals surface area contributed by atoms with Crippen molar-refractivity contribution >= 4 is 10.9 Å². The summed E-state index contributed by atoms with van der Waals surface area (Å²) in [5.74, 6) is 0.960. The van der Waals surface area contributed by atoms with Crippen molar-refractivity contribution in [3.05, 3.63) is 66.4 Å². The standard InChI is InChI=1S/C21H25N3O/c1-2-4-20(5-3-1)25-15-14-23-10-12-24(13-11-23)17-18-6-7-21-19(16-18)8-9-22-21/h1-9,16,22H,10-15,17H2. The molecule has 4 nitrogen and oxygen atoms in total. The number of fused-ring (bicyclic) bond motifs is 1. The number of ether oxygens (including phenoxy) is 1. The summed E-state index contributed by atoms with van der Waals surface area (Å²) in [7, 11) is 0. The zero-order valence-electron chi connectivity index (χ0n) is 14.5. The summed E-state index contributed by atoms with van der Waals surface area (Å²) in [6.07, 6.45) is 2.00. The van der Waals surface area contributed by atoms with Gasteiger partial charge in [0.05, 0.1) is 0 Å². The van der Waals surface area contributed by atoms with Gasteiger partial charge in [-0.05, 0) is 41.3 Å². The fourth-order valence-electron chi connectivity index (χ4n) is 3.44. The second-order valence-corrected chi connectivity index (χ2v) is 6.68. The summed E-state index contributed by atoms with van der Waals surface area (Å²) in [5.41, 5.74) is 2.61. The SMILES string of the molecule is c1ccc(OCCN2CCN(Cc3ccc4[nH]ccc4c3)CC2)cc1. The van der Waals surface area contributed by atoms with Gasteiger partial charge in [-0.1, -0.05) is 24.3 Å².